The summed E-state index contributed by atoms with van der Waals surface area (Å²) in [5.41, 5.74) is 2.83. The molecule has 0 spiro atoms. The minimum Gasteiger partial charge on any atom is -0.289 e. The number of hydrogen-bond donors (Lipinski definition) is 2. The standard InChI is InChI=1S/C21H24N2O4/c24-18(22-27)13-5-3-1-2-4-6-14-23-20(25)16-11-7-9-15-10-8-12-17(19(15)16)21(23)26/h7-12,27H,1-6,13-14H2,(H,22,24). The summed E-state index contributed by atoms with van der Waals surface area (Å²) >= 11 is 0. The Hall–Kier alpha value is -2.73. The fourth-order valence-electron chi connectivity index (χ4n) is 3.60. The van der Waals surface area contributed by atoms with Crippen molar-refractivity contribution in [3.05, 3.63) is 47.5 Å². The van der Waals surface area contributed by atoms with Gasteiger partial charge in [-0.05, 0) is 30.4 Å². The zero-order chi connectivity index (χ0) is 19.2. The molecule has 0 atom stereocenters. The molecular formula is C21H24N2O4. The van der Waals surface area contributed by atoms with E-state index in [2.05, 4.69) is 0 Å². The van der Waals surface area contributed by atoms with Gasteiger partial charge in [-0.15, -0.1) is 0 Å². The van der Waals surface area contributed by atoms with E-state index in [-0.39, 0.29) is 17.7 Å². The topological polar surface area (TPSA) is 86.7 Å². The fourth-order valence-corrected chi connectivity index (χ4v) is 3.60. The highest BCUT2D eigenvalue weighted by Crippen LogP contribution is 2.30. The van der Waals surface area contributed by atoms with Crippen LogP contribution in [0.25, 0.3) is 10.8 Å². The molecule has 2 aromatic rings. The second-order valence-electron chi connectivity index (χ2n) is 6.88. The van der Waals surface area contributed by atoms with E-state index in [9.17, 15) is 14.4 Å². The van der Waals surface area contributed by atoms with E-state index < -0.39 is 0 Å². The fraction of sp³-hybridized carbons (Fsp3) is 0.381. The van der Waals surface area contributed by atoms with Crippen LogP contribution in [0.15, 0.2) is 36.4 Å². The smallest absolute Gasteiger partial charge is 0.261 e. The summed E-state index contributed by atoms with van der Waals surface area (Å²) in [6.45, 7) is 0.426. The average Bonchev–Trinajstić information content (AvgIpc) is 2.69. The molecule has 6 nitrogen and oxygen atoms in total. The van der Waals surface area contributed by atoms with Gasteiger partial charge >= 0.3 is 0 Å². The molecule has 2 N–H and O–H groups in total. The lowest BCUT2D eigenvalue weighted by molar-refractivity contribution is -0.129. The lowest BCUT2D eigenvalue weighted by Crippen LogP contribution is -2.40. The number of nitrogens with zero attached hydrogens (tertiary/aromatic N) is 1. The predicted octanol–water partition coefficient (Wildman–Crippen LogP) is 3.67. The number of rotatable bonds is 9. The number of carbonyl (C=O) groups excluding carboxylic acids is 3. The van der Waals surface area contributed by atoms with Crippen molar-refractivity contribution in [2.45, 2.75) is 44.9 Å². The highest BCUT2D eigenvalue weighted by Gasteiger charge is 2.31. The summed E-state index contributed by atoms with van der Waals surface area (Å²) in [6.07, 6.45) is 5.67. The van der Waals surface area contributed by atoms with Crippen molar-refractivity contribution >= 4 is 28.5 Å². The molecule has 0 saturated carbocycles. The van der Waals surface area contributed by atoms with Gasteiger partial charge in [-0.3, -0.25) is 24.5 Å². The Bertz CT molecular complexity index is 812. The van der Waals surface area contributed by atoms with Crippen LogP contribution in [0.1, 0.15) is 65.7 Å². The van der Waals surface area contributed by atoms with Crippen LogP contribution in [0.4, 0.5) is 0 Å². The van der Waals surface area contributed by atoms with E-state index in [1.165, 1.54) is 4.90 Å². The largest absolute Gasteiger partial charge is 0.289 e. The number of nitrogens with one attached hydrogen (secondary N) is 1. The summed E-state index contributed by atoms with van der Waals surface area (Å²) in [5.74, 6) is -0.772. The molecule has 1 heterocycles. The Labute approximate surface area is 158 Å². The average molecular weight is 368 g/mol. The third kappa shape index (κ3) is 4.17. The minimum absolute atomic E-state index is 0.209. The van der Waals surface area contributed by atoms with Crippen LogP contribution >= 0.6 is 0 Å². The van der Waals surface area contributed by atoms with Crippen LogP contribution in [0, 0.1) is 0 Å². The molecule has 142 valence electrons. The monoisotopic (exact) mass is 368 g/mol. The minimum atomic E-state index is -0.354. The first-order valence-corrected chi connectivity index (χ1v) is 9.44. The Morgan fingerprint density at radius 1 is 0.852 bits per heavy atom. The molecule has 0 fully saturated rings. The van der Waals surface area contributed by atoms with Crippen LogP contribution in [-0.4, -0.2) is 34.4 Å². The SMILES string of the molecule is O=C(CCCCCCCCN1C(=O)c2cccc3cccc(c23)C1=O)NO. The molecule has 3 amide bonds. The number of imide groups is 1. The maximum Gasteiger partial charge on any atom is 0.261 e. The predicted molar refractivity (Wildman–Crippen MR) is 102 cm³/mol. The lowest BCUT2D eigenvalue weighted by atomic mass is 9.94. The van der Waals surface area contributed by atoms with Gasteiger partial charge in [0.15, 0.2) is 0 Å². The maximum absolute atomic E-state index is 12.8. The second kappa shape index (κ2) is 8.77. The zero-order valence-corrected chi connectivity index (χ0v) is 15.2. The number of benzene rings is 2. The van der Waals surface area contributed by atoms with E-state index >= 15 is 0 Å². The van der Waals surface area contributed by atoms with Crippen molar-refractivity contribution < 1.29 is 19.6 Å². The molecule has 27 heavy (non-hydrogen) atoms. The lowest BCUT2D eigenvalue weighted by Gasteiger charge is -2.27. The Balaban J connectivity index is 1.50. The van der Waals surface area contributed by atoms with Crippen molar-refractivity contribution in [3.63, 3.8) is 0 Å². The molecular weight excluding hydrogens is 344 g/mol. The highest BCUT2D eigenvalue weighted by molar-refractivity contribution is 6.25. The second-order valence-corrected chi connectivity index (χ2v) is 6.88. The van der Waals surface area contributed by atoms with Crippen LogP contribution in [0.5, 0.6) is 0 Å². The van der Waals surface area contributed by atoms with Gasteiger partial charge < -0.3 is 0 Å². The Morgan fingerprint density at radius 2 is 1.41 bits per heavy atom. The van der Waals surface area contributed by atoms with Crippen molar-refractivity contribution in [2.75, 3.05) is 6.54 Å². The number of amides is 3. The first-order chi connectivity index (χ1) is 13.1. The van der Waals surface area contributed by atoms with Gasteiger partial charge in [0.05, 0.1) is 0 Å². The van der Waals surface area contributed by atoms with E-state index in [0.717, 1.165) is 49.3 Å². The number of hydroxylamine groups is 1. The van der Waals surface area contributed by atoms with Gasteiger partial charge in [0.25, 0.3) is 11.8 Å². The molecule has 2 aromatic carbocycles. The molecule has 0 aliphatic carbocycles. The molecule has 0 radical (unpaired) electrons. The summed E-state index contributed by atoms with van der Waals surface area (Å²) in [7, 11) is 0. The van der Waals surface area contributed by atoms with Gasteiger partial charge in [0, 0.05) is 29.5 Å². The van der Waals surface area contributed by atoms with E-state index in [0.29, 0.717) is 24.1 Å². The maximum atomic E-state index is 12.8. The molecule has 3 rings (SSSR count). The van der Waals surface area contributed by atoms with E-state index in [4.69, 9.17) is 5.21 Å². The van der Waals surface area contributed by atoms with E-state index in [1.54, 1.807) is 17.6 Å². The van der Waals surface area contributed by atoms with Gasteiger partial charge in [0.2, 0.25) is 5.91 Å². The van der Waals surface area contributed by atoms with Gasteiger partial charge in [-0.25, -0.2) is 5.48 Å². The van der Waals surface area contributed by atoms with Gasteiger partial charge in [-0.1, -0.05) is 49.9 Å². The number of hydrogen-bond acceptors (Lipinski definition) is 4. The highest BCUT2D eigenvalue weighted by atomic mass is 16.5. The van der Waals surface area contributed by atoms with Crippen LogP contribution in [-0.2, 0) is 4.79 Å². The first kappa shape index (κ1) is 19.0. The quantitative estimate of drug-likeness (QED) is 0.306. The summed E-state index contributed by atoms with van der Waals surface area (Å²) in [4.78, 5) is 37.8. The van der Waals surface area contributed by atoms with Gasteiger partial charge in [-0.2, -0.15) is 0 Å². The molecule has 1 aliphatic rings. The normalized spacial score (nSPS) is 13.3. The van der Waals surface area contributed by atoms with Crippen LogP contribution in [0.3, 0.4) is 0 Å². The number of carbonyl (C=O) groups is 3. The zero-order valence-electron chi connectivity index (χ0n) is 15.2. The van der Waals surface area contributed by atoms with Crippen LogP contribution < -0.4 is 5.48 Å². The number of unbranched alkanes of at least 4 members (excludes halogenated alkanes) is 5. The molecule has 0 saturated heterocycles. The Morgan fingerprint density at radius 3 is 2.00 bits per heavy atom. The molecule has 6 heteroatoms. The molecule has 0 aromatic heterocycles. The summed E-state index contributed by atoms with van der Waals surface area (Å²) in [5, 5.41) is 10.1. The van der Waals surface area contributed by atoms with Gasteiger partial charge in [0.1, 0.15) is 0 Å². The third-order valence-corrected chi connectivity index (χ3v) is 5.02. The Kier molecular flexibility index (Phi) is 6.19. The third-order valence-electron chi connectivity index (χ3n) is 5.02. The van der Waals surface area contributed by atoms with E-state index in [1.807, 2.05) is 24.3 Å². The molecule has 1 aliphatic heterocycles. The molecule has 0 unspecified atom stereocenters. The first-order valence-electron chi connectivity index (χ1n) is 9.44. The van der Waals surface area contributed by atoms with Crippen molar-refractivity contribution in [1.29, 1.82) is 0 Å². The summed E-state index contributed by atoms with van der Waals surface area (Å²) in [6, 6.07) is 11.1. The van der Waals surface area contributed by atoms with Crippen LogP contribution in [0.2, 0.25) is 0 Å². The van der Waals surface area contributed by atoms with Crippen molar-refractivity contribution in [2.24, 2.45) is 0 Å². The molecule has 0 bridgehead atoms. The van der Waals surface area contributed by atoms with Crippen molar-refractivity contribution in [3.8, 4) is 0 Å². The van der Waals surface area contributed by atoms with Crippen molar-refractivity contribution in [1.82, 2.24) is 10.4 Å². The summed E-state index contributed by atoms with van der Waals surface area (Å²) < 4.78 is 0.